The summed E-state index contributed by atoms with van der Waals surface area (Å²) in [5, 5.41) is 34.5. The molecule has 2 heterocycles. The zero-order chi connectivity index (χ0) is 42.8. The number of rotatable bonds is 18. The zero-order valence-electron chi connectivity index (χ0n) is 32.4. The Bertz CT molecular complexity index is 1590. The van der Waals surface area contributed by atoms with Crippen LogP contribution >= 0.6 is 11.8 Å². The third-order valence-electron chi connectivity index (χ3n) is 9.04. The van der Waals surface area contributed by atoms with Crippen molar-refractivity contribution in [2.75, 3.05) is 18.1 Å². The monoisotopic (exact) mass is 824 g/mol. The molecule has 1 aromatic heterocycles. The molecule has 318 valence electrons. The van der Waals surface area contributed by atoms with Crippen molar-refractivity contribution >= 4 is 65.1 Å². The second kappa shape index (κ2) is 23.6. The number of H-pyrrole nitrogens is 1. The lowest BCUT2D eigenvalue weighted by atomic mass is 9.96. The Hall–Kier alpha value is -5.45. The van der Waals surface area contributed by atoms with E-state index in [-0.39, 0.29) is 49.7 Å². The molecule has 23 heteroatoms. The smallest absolute Gasteiger partial charge is 0.327 e. The molecule has 0 bridgehead atoms. The molecule has 6 amide bonds. The molecule has 15 N–H and O–H groups in total. The summed E-state index contributed by atoms with van der Waals surface area (Å²) in [4.78, 5) is 115. The van der Waals surface area contributed by atoms with Crippen LogP contribution in [0.3, 0.4) is 0 Å². The maximum atomic E-state index is 13.9. The molecule has 0 unspecified atom stereocenters. The van der Waals surface area contributed by atoms with Gasteiger partial charge in [0.2, 0.25) is 35.4 Å². The number of aliphatic carboxylic acids is 2. The predicted molar refractivity (Wildman–Crippen MR) is 208 cm³/mol. The van der Waals surface area contributed by atoms with E-state index >= 15 is 0 Å². The number of carboxylic acids is 2. The Morgan fingerprint density at radius 2 is 1.68 bits per heavy atom. The zero-order valence-corrected chi connectivity index (χ0v) is 33.2. The summed E-state index contributed by atoms with van der Waals surface area (Å²) in [6, 6.07) is -9.07. The van der Waals surface area contributed by atoms with Gasteiger partial charge in [-0.2, -0.15) is 11.8 Å². The Labute approximate surface area is 333 Å². The summed E-state index contributed by atoms with van der Waals surface area (Å²) >= 11 is 1.11. The fourth-order valence-corrected chi connectivity index (χ4v) is 6.57. The number of nitrogens with two attached hydrogens (primary N) is 3. The predicted octanol–water partition coefficient (Wildman–Crippen LogP) is -3.36. The minimum atomic E-state index is -1.48. The minimum absolute atomic E-state index is 0.0254. The molecular weight excluding hydrogens is 769 g/mol. The van der Waals surface area contributed by atoms with Gasteiger partial charge in [0.1, 0.15) is 36.3 Å². The Morgan fingerprint density at radius 1 is 0.982 bits per heavy atom. The number of hydrogen-bond acceptors (Lipinski definition) is 12. The summed E-state index contributed by atoms with van der Waals surface area (Å²) in [5.41, 5.74) is 16.9. The fourth-order valence-electron chi connectivity index (χ4n) is 5.54. The van der Waals surface area contributed by atoms with Gasteiger partial charge in [-0.05, 0) is 36.9 Å². The lowest BCUT2D eigenvalue weighted by molar-refractivity contribution is -0.141. The maximum Gasteiger partial charge on any atom is 0.327 e. The lowest BCUT2D eigenvalue weighted by Gasteiger charge is -2.30. The summed E-state index contributed by atoms with van der Waals surface area (Å²) in [7, 11) is 0. The van der Waals surface area contributed by atoms with Gasteiger partial charge in [0.05, 0.1) is 18.8 Å². The van der Waals surface area contributed by atoms with Crippen molar-refractivity contribution in [3.8, 4) is 0 Å². The first kappa shape index (κ1) is 47.7. The summed E-state index contributed by atoms with van der Waals surface area (Å²) < 4.78 is 0. The molecule has 0 saturated carbocycles. The molecule has 0 radical (unpaired) electrons. The number of carbonyl (C=O) groups excluding carboxylic acids is 6. The van der Waals surface area contributed by atoms with Crippen LogP contribution in [0.5, 0.6) is 0 Å². The SMILES string of the molecule is CC[C@H](C)[C@@H]1NC(=O)[C@@H](NC(=O)[C@@H](NC(=O)[C@H](CCCN=C(N)N)NC(=O)[C@@H](N)CC(=O)O)C(C)C)CCSC[C@@H](C(=O)O)NC(=O)[C@H](Cc2cnc[nH]2)NC1=O. The number of imidazole rings is 1. The number of carboxylic acid groups (broad SMARTS) is 2. The number of hydrogen-bond donors (Lipinski definition) is 12. The van der Waals surface area contributed by atoms with Crippen molar-refractivity contribution in [2.24, 2.45) is 34.0 Å². The average molecular weight is 825 g/mol. The number of thioether (sulfide) groups is 1. The van der Waals surface area contributed by atoms with Crippen molar-refractivity contribution < 1.29 is 48.6 Å². The Kier molecular flexibility index (Phi) is 19.7. The van der Waals surface area contributed by atoms with Crippen LogP contribution in [0.2, 0.25) is 0 Å². The molecule has 1 aromatic rings. The van der Waals surface area contributed by atoms with E-state index in [0.29, 0.717) is 12.1 Å². The van der Waals surface area contributed by atoms with E-state index in [2.05, 4.69) is 46.9 Å². The van der Waals surface area contributed by atoms with Crippen LogP contribution in [0, 0.1) is 11.8 Å². The van der Waals surface area contributed by atoms with Crippen LogP contribution in [0.4, 0.5) is 0 Å². The molecule has 57 heavy (non-hydrogen) atoms. The quantitative estimate of drug-likeness (QED) is 0.0391. The fraction of sp³-hybridized carbons (Fsp3) is 0.647. The minimum Gasteiger partial charge on any atom is -0.481 e. The van der Waals surface area contributed by atoms with Crippen molar-refractivity contribution in [2.45, 2.75) is 109 Å². The van der Waals surface area contributed by atoms with Crippen LogP contribution in [0.15, 0.2) is 17.5 Å². The highest BCUT2D eigenvalue weighted by atomic mass is 32.2. The van der Waals surface area contributed by atoms with Crippen LogP contribution in [-0.4, -0.2) is 134 Å². The molecule has 2 rings (SSSR count). The number of aromatic amines is 1. The lowest BCUT2D eigenvalue weighted by Crippen LogP contribution is -2.61. The number of carbonyl (C=O) groups is 8. The summed E-state index contributed by atoms with van der Waals surface area (Å²) in [6.07, 6.45) is 2.63. The largest absolute Gasteiger partial charge is 0.481 e. The van der Waals surface area contributed by atoms with E-state index in [1.807, 2.05) is 0 Å². The van der Waals surface area contributed by atoms with E-state index in [1.165, 1.54) is 12.5 Å². The number of aromatic nitrogens is 2. The van der Waals surface area contributed by atoms with E-state index in [9.17, 15) is 43.5 Å². The van der Waals surface area contributed by atoms with E-state index < -0.39 is 108 Å². The van der Waals surface area contributed by atoms with E-state index in [1.54, 1.807) is 27.7 Å². The number of nitrogens with one attached hydrogen (secondary N) is 7. The van der Waals surface area contributed by atoms with E-state index in [4.69, 9.17) is 22.3 Å². The van der Waals surface area contributed by atoms with Crippen molar-refractivity contribution in [1.82, 2.24) is 41.9 Å². The van der Waals surface area contributed by atoms with Gasteiger partial charge in [-0.25, -0.2) is 9.78 Å². The van der Waals surface area contributed by atoms with Crippen LogP contribution in [0.25, 0.3) is 0 Å². The first-order chi connectivity index (χ1) is 26.8. The molecule has 1 fully saturated rings. The second-order valence-corrected chi connectivity index (χ2v) is 15.1. The summed E-state index contributed by atoms with van der Waals surface area (Å²) in [5.74, 6) is -8.56. The maximum absolute atomic E-state index is 13.9. The average Bonchev–Trinajstić information content (AvgIpc) is 3.65. The normalized spacial score (nSPS) is 21.5. The van der Waals surface area contributed by atoms with Crippen molar-refractivity contribution in [3.05, 3.63) is 18.2 Å². The molecule has 0 aromatic carbocycles. The molecule has 1 aliphatic heterocycles. The van der Waals surface area contributed by atoms with Crippen molar-refractivity contribution in [1.29, 1.82) is 0 Å². The van der Waals surface area contributed by atoms with Gasteiger partial charge in [0.15, 0.2) is 5.96 Å². The van der Waals surface area contributed by atoms with Gasteiger partial charge in [0, 0.05) is 30.6 Å². The standard InChI is InChI=1S/C34H56N12O10S/c1-5-17(4)26-32(54)43-22(11-18-13-38-15-40-18)30(52)44-23(33(55)56)14-57-10-8-21(29(51)46-26)42-31(53)25(16(2)3)45-28(50)20(7-6-9-39-34(36)37)41-27(49)19(35)12-24(47)48/h13,15-17,19-23,25-26H,5-12,14,35H2,1-4H3,(H,38,40)(H,41,49)(H,42,53)(H,43,54)(H,44,52)(H,45,50)(H,46,51)(H,47,48)(H,55,56)(H4,36,37,39)/t17-,19-,20-,21-,22-,23-,25-,26-/m0/s1. The molecule has 1 saturated heterocycles. The first-order valence-electron chi connectivity index (χ1n) is 18.5. The number of nitrogens with zero attached hydrogens (tertiary/aromatic N) is 2. The van der Waals surface area contributed by atoms with Gasteiger partial charge < -0.3 is 64.3 Å². The molecular formula is C34H56N12O10S. The third-order valence-corrected chi connectivity index (χ3v) is 10.1. The molecule has 22 nitrogen and oxygen atoms in total. The molecule has 0 spiro atoms. The van der Waals surface area contributed by atoms with Crippen LogP contribution < -0.4 is 49.1 Å². The number of amides is 6. The highest BCUT2D eigenvalue weighted by molar-refractivity contribution is 7.99. The highest BCUT2D eigenvalue weighted by Crippen LogP contribution is 2.15. The summed E-state index contributed by atoms with van der Waals surface area (Å²) in [6.45, 7) is 6.86. The van der Waals surface area contributed by atoms with Gasteiger partial charge in [-0.15, -0.1) is 0 Å². The van der Waals surface area contributed by atoms with Gasteiger partial charge >= 0.3 is 11.9 Å². The second-order valence-electron chi connectivity index (χ2n) is 14.0. The topological polar surface area (TPSA) is 368 Å². The van der Waals surface area contributed by atoms with Crippen molar-refractivity contribution in [3.63, 3.8) is 0 Å². The number of guanidine groups is 1. The Morgan fingerprint density at radius 3 is 2.26 bits per heavy atom. The number of aliphatic imine (C=N–C) groups is 1. The van der Waals surface area contributed by atoms with Gasteiger partial charge in [-0.3, -0.25) is 38.6 Å². The third kappa shape index (κ3) is 16.3. The van der Waals surface area contributed by atoms with Crippen LogP contribution in [0.1, 0.15) is 65.5 Å². The van der Waals surface area contributed by atoms with Gasteiger partial charge in [-0.1, -0.05) is 34.1 Å². The molecule has 1 aliphatic rings. The Balaban J connectivity index is 2.38. The first-order valence-corrected chi connectivity index (χ1v) is 19.6. The van der Waals surface area contributed by atoms with Gasteiger partial charge in [0.25, 0.3) is 0 Å². The molecule has 8 atom stereocenters. The molecule has 0 aliphatic carbocycles. The van der Waals surface area contributed by atoms with E-state index in [0.717, 1.165) is 11.8 Å². The highest BCUT2D eigenvalue weighted by Gasteiger charge is 2.36. The van der Waals surface area contributed by atoms with Crippen LogP contribution in [-0.2, 0) is 44.8 Å².